The molecule has 1 aliphatic carbocycles. The first-order chi connectivity index (χ1) is 14.6. The Bertz CT molecular complexity index is 1090. The van der Waals surface area contributed by atoms with Crippen LogP contribution in [0.1, 0.15) is 35.8 Å². The van der Waals surface area contributed by atoms with Gasteiger partial charge in [0.15, 0.2) is 5.78 Å². The molecule has 3 aromatic rings. The molecule has 0 fully saturated rings. The van der Waals surface area contributed by atoms with Crippen LogP contribution < -0.4 is 0 Å². The molecule has 8 heteroatoms. The molecule has 1 aromatic heterocycles. The molecule has 0 aliphatic heterocycles. The number of carbonyl (C=O) groups is 3. The Morgan fingerprint density at radius 1 is 0.900 bits per heavy atom. The van der Waals surface area contributed by atoms with Crippen molar-refractivity contribution in [2.75, 3.05) is 13.2 Å². The highest BCUT2D eigenvalue weighted by atomic mass is 16.5. The summed E-state index contributed by atoms with van der Waals surface area (Å²) in [7, 11) is 0. The standard InChI is InChI=1S/C22H21N3O5/c1-3-29-21(27)17-18(22(28)30-4-2)20(26)14-10-6-5-9-13(14)19(17)25-23-15-11-7-8-12-16(15)24-25/h5-12,17-19H,3-4H2,1-2H3/t17-,18-,19+/m0/s1. The molecule has 30 heavy (non-hydrogen) atoms. The minimum absolute atomic E-state index is 0.0916. The number of ketones is 1. The number of esters is 2. The summed E-state index contributed by atoms with van der Waals surface area (Å²) in [6.45, 7) is 3.53. The topological polar surface area (TPSA) is 100 Å². The molecule has 8 nitrogen and oxygen atoms in total. The zero-order chi connectivity index (χ0) is 21.3. The molecule has 0 amide bonds. The highest BCUT2D eigenvalue weighted by molar-refractivity contribution is 6.13. The molecule has 0 saturated heterocycles. The van der Waals surface area contributed by atoms with E-state index in [4.69, 9.17) is 9.47 Å². The highest BCUT2D eigenvalue weighted by Gasteiger charge is 2.52. The van der Waals surface area contributed by atoms with E-state index in [0.29, 0.717) is 22.2 Å². The summed E-state index contributed by atoms with van der Waals surface area (Å²) < 4.78 is 10.4. The molecule has 0 bridgehead atoms. The number of fused-ring (bicyclic) bond motifs is 2. The van der Waals surface area contributed by atoms with Crippen molar-refractivity contribution in [2.45, 2.75) is 19.9 Å². The lowest BCUT2D eigenvalue weighted by molar-refractivity contribution is -0.160. The van der Waals surface area contributed by atoms with Crippen LogP contribution in [0.4, 0.5) is 0 Å². The van der Waals surface area contributed by atoms with E-state index in [2.05, 4.69) is 10.2 Å². The fourth-order valence-corrected chi connectivity index (χ4v) is 3.94. The summed E-state index contributed by atoms with van der Waals surface area (Å²) in [5.74, 6) is -4.36. The third kappa shape index (κ3) is 3.24. The van der Waals surface area contributed by atoms with Crippen LogP contribution in [0.15, 0.2) is 48.5 Å². The molecule has 2 aromatic carbocycles. The van der Waals surface area contributed by atoms with Gasteiger partial charge in [-0.05, 0) is 31.5 Å². The normalized spacial score (nSPS) is 20.6. The predicted octanol–water partition coefficient (Wildman–Crippen LogP) is 2.58. The Labute approximate surface area is 172 Å². The Hall–Kier alpha value is -3.55. The average Bonchev–Trinajstić information content (AvgIpc) is 3.17. The summed E-state index contributed by atoms with van der Waals surface area (Å²) in [6.07, 6.45) is 0. The van der Waals surface area contributed by atoms with Gasteiger partial charge in [0.2, 0.25) is 0 Å². The summed E-state index contributed by atoms with van der Waals surface area (Å²) in [4.78, 5) is 40.5. The molecule has 0 radical (unpaired) electrons. The van der Waals surface area contributed by atoms with Crippen LogP contribution in [-0.4, -0.2) is 45.9 Å². The predicted molar refractivity (Wildman–Crippen MR) is 107 cm³/mol. The van der Waals surface area contributed by atoms with Crippen LogP contribution in [0.25, 0.3) is 11.0 Å². The Morgan fingerprint density at radius 2 is 1.47 bits per heavy atom. The van der Waals surface area contributed by atoms with Crippen molar-refractivity contribution in [3.05, 3.63) is 59.7 Å². The van der Waals surface area contributed by atoms with Crippen molar-refractivity contribution in [3.63, 3.8) is 0 Å². The minimum atomic E-state index is -1.34. The second-order valence-electron chi connectivity index (χ2n) is 6.91. The van der Waals surface area contributed by atoms with Crippen LogP contribution in [-0.2, 0) is 19.1 Å². The van der Waals surface area contributed by atoms with Gasteiger partial charge in [0.25, 0.3) is 0 Å². The van der Waals surface area contributed by atoms with Gasteiger partial charge < -0.3 is 9.47 Å². The van der Waals surface area contributed by atoms with Crippen LogP contribution in [0.2, 0.25) is 0 Å². The van der Waals surface area contributed by atoms with E-state index in [1.807, 2.05) is 12.1 Å². The van der Waals surface area contributed by atoms with Gasteiger partial charge in [-0.1, -0.05) is 36.4 Å². The van der Waals surface area contributed by atoms with Gasteiger partial charge in [-0.3, -0.25) is 14.4 Å². The highest BCUT2D eigenvalue weighted by Crippen LogP contribution is 2.41. The molecular weight excluding hydrogens is 386 g/mol. The van der Waals surface area contributed by atoms with Crippen LogP contribution in [0.5, 0.6) is 0 Å². The maximum absolute atomic E-state index is 13.2. The summed E-state index contributed by atoms with van der Waals surface area (Å²) in [5, 5.41) is 9.05. The zero-order valence-corrected chi connectivity index (χ0v) is 16.6. The van der Waals surface area contributed by atoms with Gasteiger partial charge in [-0.2, -0.15) is 15.0 Å². The van der Waals surface area contributed by atoms with E-state index >= 15 is 0 Å². The second-order valence-corrected chi connectivity index (χ2v) is 6.91. The third-order valence-corrected chi connectivity index (χ3v) is 5.18. The number of carbonyl (C=O) groups excluding carboxylic acids is 3. The van der Waals surface area contributed by atoms with Crippen molar-refractivity contribution in [1.29, 1.82) is 0 Å². The first-order valence-electron chi connectivity index (χ1n) is 9.84. The van der Waals surface area contributed by atoms with Gasteiger partial charge >= 0.3 is 11.9 Å². The summed E-state index contributed by atoms with van der Waals surface area (Å²) in [5.41, 5.74) is 2.20. The first kappa shape index (κ1) is 19.8. The fourth-order valence-electron chi connectivity index (χ4n) is 3.94. The number of aromatic nitrogens is 3. The average molecular weight is 407 g/mol. The SMILES string of the molecule is CCOC(=O)[C@@H]1C(=O)c2ccccc2[C@@H](n2nc3ccccc3n2)[C@H]1C(=O)OCC. The van der Waals surface area contributed by atoms with E-state index in [9.17, 15) is 14.4 Å². The van der Waals surface area contributed by atoms with Gasteiger partial charge in [0.1, 0.15) is 28.9 Å². The molecule has 4 rings (SSSR count). The number of hydrogen-bond donors (Lipinski definition) is 0. The monoisotopic (exact) mass is 407 g/mol. The lowest BCUT2D eigenvalue weighted by Crippen LogP contribution is -2.47. The second kappa shape index (κ2) is 8.06. The molecule has 0 N–H and O–H groups in total. The fraction of sp³-hybridized carbons (Fsp3) is 0.318. The van der Waals surface area contributed by atoms with Gasteiger partial charge in [0.05, 0.1) is 13.2 Å². The van der Waals surface area contributed by atoms with Crippen molar-refractivity contribution in [2.24, 2.45) is 11.8 Å². The van der Waals surface area contributed by atoms with Crippen LogP contribution in [0, 0.1) is 11.8 Å². The zero-order valence-electron chi connectivity index (χ0n) is 16.6. The van der Waals surface area contributed by atoms with E-state index < -0.39 is 35.6 Å². The minimum Gasteiger partial charge on any atom is -0.466 e. The molecule has 1 heterocycles. The number of Topliss-reactive ketones (excluding diaryl/α,β-unsaturated/α-hetero) is 1. The quantitative estimate of drug-likeness (QED) is 0.473. The maximum atomic E-state index is 13.2. The number of rotatable bonds is 5. The van der Waals surface area contributed by atoms with Crippen LogP contribution >= 0.6 is 0 Å². The maximum Gasteiger partial charge on any atom is 0.317 e. The molecule has 0 unspecified atom stereocenters. The lowest BCUT2D eigenvalue weighted by Gasteiger charge is -2.35. The lowest BCUT2D eigenvalue weighted by atomic mass is 9.71. The largest absolute Gasteiger partial charge is 0.466 e. The molecule has 0 saturated carbocycles. The van der Waals surface area contributed by atoms with E-state index in [0.717, 1.165) is 0 Å². The number of ether oxygens (including phenoxy) is 2. The Balaban J connectivity index is 1.94. The summed E-state index contributed by atoms with van der Waals surface area (Å²) in [6, 6.07) is 13.4. The van der Waals surface area contributed by atoms with E-state index in [1.165, 1.54) is 4.80 Å². The van der Waals surface area contributed by atoms with Gasteiger partial charge in [0, 0.05) is 5.56 Å². The van der Waals surface area contributed by atoms with Gasteiger partial charge in [-0.25, -0.2) is 0 Å². The molecule has 3 atom stereocenters. The molecular formula is C22H21N3O5. The Morgan fingerprint density at radius 3 is 2.10 bits per heavy atom. The van der Waals surface area contributed by atoms with Crippen LogP contribution in [0.3, 0.4) is 0 Å². The molecule has 1 aliphatic rings. The smallest absolute Gasteiger partial charge is 0.317 e. The first-order valence-corrected chi connectivity index (χ1v) is 9.84. The number of benzene rings is 2. The number of hydrogen-bond acceptors (Lipinski definition) is 7. The van der Waals surface area contributed by atoms with E-state index in [1.54, 1.807) is 50.2 Å². The molecule has 154 valence electrons. The van der Waals surface area contributed by atoms with Crippen molar-refractivity contribution < 1.29 is 23.9 Å². The Kier molecular flexibility index (Phi) is 5.31. The van der Waals surface area contributed by atoms with Crippen molar-refractivity contribution in [3.8, 4) is 0 Å². The molecule has 0 spiro atoms. The summed E-state index contributed by atoms with van der Waals surface area (Å²) >= 11 is 0. The third-order valence-electron chi connectivity index (χ3n) is 5.18. The van der Waals surface area contributed by atoms with Crippen molar-refractivity contribution >= 4 is 28.8 Å². The van der Waals surface area contributed by atoms with Crippen molar-refractivity contribution in [1.82, 2.24) is 15.0 Å². The number of nitrogens with zero attached hydrogens (tertiary/aromatic N) is 3. The van der Waals surface area contributed by atoms with E-state index in [-0.39, 0.29) is 13.2 Å². The van der Waals surface area contributed by atoms with Gasteiger partial charge in [-0.15, -0.1) is 0 Å².